The molecule has 3 rings (SSSR count). The van der Waals surface area contributed by atoms with Gasteiger partial charge in [0.1, 0.15) is 11.4 Å². The molecule has 3 atom stereocenters. The van der Waals surface area contributed by atoms with E-state index in [0.717, 1.165) is 10.0 Å². The number of aliphatic hydroxyl groups excluding tert-OH is 1. The van der Waals surface area contributed by atoms with E-state index < -0.39 is 17.5 Å². The maximum atomic E-state index is 14.7. The first kappa shape index (κ1) is 21.4. The number of amides is 1. The van der Waals surface area contributed by atoms with Crippen LogP contribution in [0.1, 0.15) is 36.8 Å². The van der Waals surface area contributed by atoms with E-state index in [2.05, 4.69) is 25.9 Å². The first-order chi connectivity index (χ1) is 13.6. The van der Waals surface area contributed by atoms with Crippen LogP contribution in [0.3, 0.4) is 0 Å². The Labute approximate surface area is 177 Å². The quantitative estimate of drug-likeness (QED) is 0.714. The van der Waals surface area contributed by atoms with Crippen LogP contribution in [0.15, 0.2) is 46.0 Å². The third-order valence-electron chi connectivity index (χ3n) is 5.24. The first-order valence-electron chi connectivity index (χ1n) is 9.30. The van der Waals surface area contributed by atoms with E-state index in [-0.39, 0.29) is 24.2 Å². The van der Waals surface area contributed by atoms with Crippen molar-refractivity contribution in [3.05, 3.63) is 63.6 Å². The fourth-order valence-electron chi connectivity index (χ4n) is 3.67. The van der Waals surface area contributed by atoms with Gasteiger partial charge in [-0.25, -0.2) is 4.39 Å². The number of likely N-dealkylation sites (N-methyl/N-ethyl adjacent to an activating group) is 1. The topological polar surface area (TPSA) is 91.8 Å². The zero-order chi connectivity index (χ0) is 21.3. The van der Waals surface area contributed by atoms with E-state index in [1.807, 2.05) is 13.0 Å². The molecule has 6 nitrogen and oxygen atoms in total. The van der Waals surface area contributed by atoms with Gasteiger partial charge in [0, 0.05) is 23.3 Å². The molecule has 3 N–H and O–H groups in total. The summed E-state index contributed by atoms with van der Waals surface area (Å²) in [6, 6.07) is 8.45. The van der Waals surface area contributed by atoms with Crippen molar-refractivity contribution in [2.75, 3.05) is 13.6 Å². The van der Waals surface area contributed by atoms with Crippen molar-refractivity contribution in [3.63, 3.8) is 0 Å². The van der Waals surface area contributed by atoms with Gasteiger partial charge in [-0.3, -0.25) is 14.8 Å². The van der Waals surface area contributed by atoms with E-state index in [4.69, 9.17) is 5.73 Å². The van der Waals surface area contributed by atoms with Crippen molar-refractivity contribution in [1.82, 2.24) is 9.88 Å². The average molecular weight is 463 g/mol. The number of nitrogens with zero attached hydrogens (tertiary/aromatic N) is 3. The smallest absolute Gasteiger partial charge is 0.288 e. The number of aromatic nitrogens is 1. The maximum Gasteiger partial charge on any atom is 0.288 e. The molecule has 154 valence electrons. The average Bonchev–Trinajstić information content (AvgIpc) is 2.67. The molecule has 0 aliphatic carbocycles. The Bertz CT molecular complexity index is 950. The van der Waals surface area contributed by atoms with Gasteiger partial charge in [-0.15, -0.1) is 0 Å². The second-order valence-corrected chi connectivity index (χ2v) is 8.69. The third-order valence-corrected chi connectivity index (χ3v) is 5.71. The van der Waals surface area contributed by atoms with Crippen molar-refractivity contribution < 1.29 is 14.3 Å². The molecule has 0 saturated heterocycles. The number of hydrogen-bond acceptors (Lipinski definition) is 5. The van der Waals surface area contributed by atoms with Gasteiger partial charge in [-0.05, 0) is 59.0 Å². The highest BCUT2D eigenvalue weighted by Gasteiger charge is 2.37. The number of amidine groups is 1. The Balaban J connectivity index is 1.85. The fourth-order valence-corrected chi connectivity index (χ4v) is 3.91. The molecule has 2 heterocycles. The second kappa shape index (κ2) is 8.20. The van der Waals surface area contributed by atoms with Gasteiger partial charge < -0.3 is 15.7 Å². The summed E-state index contributed by atoms with van der Waals surface area (Å²) in [5.74, 6) is -1.04. The minimum Gasteiger partial charge on any atom is -0.387 e. The van der Waals surface area contributed by atoms with Crippen molar-refractivity contribution in [3.8, 4) is 0 Å². The molecule has 0 spiro atoms. The third kappa shape index (κ3) is 4.48. The summed E-state index contributed by atoms with van der Waals surface area (Å²) in [4.78, 5) is 21.9. The van der Waals surface area contributed by atoms with Crippen molar-refractivity contribution >= 4 is 27.7 Å². The largest absolute Gasteiger partial charge is 0.387 e. The molecule has 29 heavy (non-hydrogen) atoms. The monoisotopic (exact) mass is 462 g/mol. The van der Waals surface area contributed by atoms with Crippen molar-refractivity contribution in [2.45, 2.75) is 31.9 Å². The summed E-state index contributed by atoms with van der Waals surface area (Å²) < 4.78 is 15.5. The number of aliphatic hydroxyl groups is 1. The number of carbonyl (C=O) groups is 1. The lowest BCUT2D eigenvalue weighted by Crippen LogP contribution is -2.50. The number of pyridine rings is 1. The molecule has 1 aliphatic heterocycles. The maximum absolute atomic E-state index is 14.7. The van der Waals surface area contributed by atoms with Gasteiger partial charge in [0.15, 0.2) is 5.84 Å². The molecule has 1 aromatic heterocycles. The zero-order valence-corrected chi connectivity index (χ0v) is 18.1. The molecular formula is C21H24BrFN4O2. The Morgan fingerprint density at radius 2 is 2.10 bits per heavy atom. The summed E-state index contributed by atoms with van der Waals surface area (Å²) in [5, 5.41) is 10.6. The number of aliphatic imine (C=N–C) groups is 1. The van der Waals surface area contributed by atoms with Crippen LogP contribution in [0.5, 0.6) is 0 Å². The van der Waals surface area contributed by atoms with E-state index in [1.54, 1.807) is 38.4 Å². The lowest BCUT2D eigenvalue weighted by Gasteiger charge is -2.35. The predicted molar refractivity (Wildman–Crippen MR) is 113 cm³/mol. The summed E-state index contributed by atoms with van der Waals surface area (Å²) in [6.45, 7) is 3.91. The molecule has 1 aromatic carbocycles. The van der Waals surface area contributed by atoms with Crippen LogP contribution in [-0.4, -0.2) is 40.3 Å². The van der Waals surface area contributed by atoms with Crippen LogP contribution in [-0.2, 0) is 16.8 Å². The Hall–Kier alpha value is -2.32. The minimum atomic E-state index is -0.970. The molecule has 2 aromatic rings. The van der Waals surface area contributed by atoms with Gasteiger partial charge in [-0.2, -0.15) is 0 Å². The number of rotatable bonds is 5. The normalized spacial score (nSPS) is 21.7. The van der Waals surface area contributed by atoms with Crippen LogP contribution < -0.4 is 5.73 Å². The van der Waals surface area contributed by atoms with Crippen LogP contribution in [0, 0.1) is 11.7 Å². The Morgan fingerprint density at radius 1 is 1.38 bits per heavy atom. The fraction of sp³-hybridized carbons (Fsp3) is 0.381. The number of nitrogens with two attached hydrogens (primary N) is 1. The predicted octanol–water partition coefficient (Wildman–Crippen LogP) is 2.94. The standard InChI is InChI=1S/C21H24BrFN4O2/c1-12(18(28)17-7-5-14(22)10-25-17)8-13-4-6-16(23)15(9-13)21(2)11-27(3)20(29)19(24)26-21/h4-7,9-10,12,18,28H,8,11H2,1-3H3,(H2,24,26). The number of carbonyl (C=O) groups excluding carboxylic acids is 1. The van der Waals surface area contributed by atoms with E-state index >= 15 is 0 Å². The van der Waals surface area contributed by atoms with E-state index in [9.17, 15) is 14.3 Å². The lowest BCUT2D eigenvalue weighted by atomic mass is 9.86. The van der Waals surface area contributed by atoms with Crippen molar-refractivity contribution in [2.24, 2.45) is 16.6 Å². The molecule has 3 unspecified atom stereocenters. The van der Waals surface area contributed by atoms with Gasteiger partial charge >= 0.3 is 0 Å². The number of hydrogen-bond donors (Lipinski definition) is 2. The summed E-state index contributed by atoms with van der Waals surface area (Å²) in [7, 11) is 1.62. The molecule has 0 radical (unpaired) electrons. The number of benzene rings is 1. The summed E-state index contributed by atoms with van der Waals surface area (Å²) in [5.41, 5.74) is 6.61. The SMILES string of the molecule is CC(Cc1ccc(F)c(C2(C)CN(C)C(=O)C(N)=N2)c1)C(O)c1ccc(Br)cn1. The van der Waals surface area contributed by atoms with E-state index in [0.29, 0.717) is 17.7 Å². The molecule has 0 fully saturated rings. The van der Waals surface area contributed by atoms with Crippen LogP contribution >= 0.6 is 15.9 Å². The minimum absolute atomic E-state index is 0.129. The highest BCUT2D eigenvalue weighted by molar-refractivity contribution is 9.10. The molecular weight excluding hydrogens is 439 g/mol. The van der Waals surface area contributed by atoms with Crippen molar-refractivity contribution in [1.29, 1.82) is 0 Å². The number of halogens is 2. The highest BCUT2D eigenvalue weighted by Crippen LogP contribution is 2.33. The Morgan fingerprint density at radius 3 is 2.72 bits per heavy atom. The van der Waals surface area contributed by atoms with Gasteiger partial charge in [0.25, 0.3) is 5.91 Å². The summed E-state index contributed by atoms with van der Waals surface area (Å²) in [6.07, 6.45) is 1.42. The molecule has 0 saturated carbocycles. The molecule has 1 amide bonds. The van der Waals surface area contributed by atoms with E-state index in [1.165, 1.54) is 11.0 Å². The Kier molecular flexibility index (Phi) is 6.05. The molecule has 8 heteroatoms. The lowest BCUT2D eigenvalue weighted by molar-refractivity contribution is -0.124. The van der Waals surface area contributed by atoms with Crippen LogP contribution in [0.2, 0.25) is 0 Å². The second-order valence-electron chi connectivity index (χ2n) is 7.77. The van der Waals surface area contributed by atoms with Gasteiger partial charge in [0.05, 0.1) is 18.3 Å². The van der Waals surface area contributed by atoms with Crippen LogP contribution in [0.25, 0.3) is 0 Å². The van der Waals surface area contributed by atoms with Crippen LogP contribution in [0.4, 0.5) is 4.39 Å². The van der Waals surface area contributed by atoms with Gasteiger partial charge in [-0.1, -0.05) is 19.1 Å². The highest BCUT2D eigenvalue weighted by atomic mass is 79.9. The van der Waals surface area contributed by atoms with Gasteiger partial charge in [0.2, 0.25) is 0 Å². The first-order valence-corrected chi connectivity index (χ1v) is 10.1. The molecule has 0 bridgehead atoms. The summed E-state index contributed by atoms with van der Waals surface area (Å²) >= 11 is 3.33. The molecule has 1 aliphatic rings. The zero-order valence-electron chi connectivity index (χ0n) is 16.6.